The van der Waals surface area contributed by atoms with Gasteiger partial charge in [0.2, 0.25) is 0 Å². The minimum absolute atomic E-state index is 0.465. The Bertz CT molecular complexity index is 377. The normalized spacial score (nSPS) is 10.9. The van der Waals surface area contributed by atoms with Crippen molar-refractivity contribution >= 4 is 5.69 Å². The van der Waals surface area contributed by atoms with E-state index in [0.29, 0.717) is 18.7 Å². The standard InChI is InChI=1S/C12H12F3N/c1-2-3-4-8-16-11-7-5-6-10(9-11)12(13,14)15/h1,5-7,9,16H,3-4,8H2. The maximum Gasteiger partial charge on any atom is 0.416 e. The van der Waals surface area contributed by atoms with E-state index in [1.165, 1.54) is 6.07 Å². The Morgan fingerprint density at radius 3 is 2.69 bits per heavy atom. The second-order valence-electron chi connectivity index (χ2n) is 3.31. The minimum atomic E-state index is -4.30. The monoisotopic (exact) mass is 227 g/mol. The molecule has 1 aromatic carbocycles. The fourth-order valence-electron chi connectivity index (χ4n) is 1.23. The van der Waals surface area contributed by atoms with E-state index in [2.05, 4.69) is 11.2 Å². The first-order chi connectivity index (χ1) is 7.54. The van der Waals surface area contributed by atoms with Crippen LogP contribution < -0.4 is 5.32 Å². The van der Waals surface area contributed by atoms with Crippen LogP contribution in [-0.4, -0.2) is 6.54 Å². The SMILES string of the molecule is C#CCCCNc1cccc(C(F)(F)F)c1. The van der Waals surface area contributed by atoms with Gasteiger partial charge in [0.05, 0.1) is 5.56 Å². The second kappa shape index (κ2) is 5.45. The molecule has 0 aliphatic rings. The Morgan fingerprint density at radius 1 is 1.31 bits per heavy atom. The summed E-state index contributed by atoms with van der Waals surface area (Å²) in [5.41, 5.74) is -0.179. The molecule has 4 heteroatoms. The maximum atomic E-state index is 12.4. The molecule has 0 aromatic heterocycles. The Morgan fingerprint density at radius 2 is 2.06 bits per heavy atom. The summed E-state index contributed by atoms with van der Waals surface area (Å²) in [5.74, 6) is 2.47. The summed E-state index contributed by atoms with van der Waals surface area (Å²) in [4.78, 5) is 0. The summed E-state index contributed by atoms with van der Waals surface area (Å²) in [7, 11) is 0. The van der Waals surface area contributed by atoms with Crippen molar-refractivity contribution in [3.63, 3.8) is 0 Å². The molecule has 0 fully saturated rings. The van der Waals surface area contributed by atoms with Gasteiger partial charge in [-0.15, -0.1) is 12.3 Å². The third-order valence-corrected chi connectivity index (χ3v) is 2.02. The van der Waals surface area contributed by atoms with Crippen LogP contribution in [0.2, 0.25) is 0 Å². The van der Waals surface area contributed by atoms with E-state index in [-0.39, 0.29) is 0 Å². The number of unbranched alkanes of at least 4 members (excludes halogenated alkanes) is 1. The first kappa shape index (κ1) is 12.4. The lowest BCUT2D eigenvalue weighted by Gasteiger charge is -2.09. The largest absolute Gasteiger partial charge is 0.416 e. The number of hydrogen-bond donors (Lipinski definition) is 1. The number of anilines is 1. The lowest BCUT2D eigenvalue weighted by molar-refractivity contribution is -0.137. The lowest BCUT2D eigenvalue weighted by Crippen LogP contribution is -2.07. The van der Waals surface area contributed by atoms with Gasteiger partial charge in [-0.2, -0.15) is 13.2 Å². The van der Waals surface area contributed by atoms with Crippen LogP contribution in [0, 0.1) is 12.3 Å². The summed E-state index contributed by atoms with van der Waals surface area (Å²) in [6, 6.07) is 5.12. The first-order valence-corrected chi connectivity index (χ1v) is 4.88. The van der Waals surface area contributed by atoms with E-state index in [4.69, 9.17) is 6.42 Å². The Hall–Kier alpha value is -1.63. The van der Waals surface area contributed by atoms with Crippen LogP contribution in [0.25, 0.3) is 0 Å². The van der Waals surface area contributed by atoms with Crippen LogP contribution in [0.15, 0.2) is 24.3 Å². The van der Waals surface area contributed by atoms with Crippen molar-refractivity contribution in [2.45, 2.75) is 19.0 Å². The van der Waals surface area contributed by atoms with Crippen molar-refractivity contribution in [2.75, 3.05) is 11.9 Å². The molecule has 0 aliphatic heterocycles. The average molecular weight is 227 g/mol. The number of rotatable bonds is 4. The summed E-state index contributed by atoms with van der Waals surface area (Å²) in [5, 5.41) is 2.90. The predicted molar refractivity (Wildman–Crippen MR) is 58.0 cm³/mol. The topological polar surface area (TPSA) is 12.0 Å². The van der Waals surface area contributed by atoms with Gasteiger partial charge in [-0.25, -0.2) is 0 Å². The van der Waals surface area contributed by atoms with Crippen molar-refractivity contribution in [3.8, 4) is 12.3 Å². The number of hydrogen-bond acceptors (Lipinski definition) is 1. The van der Waals surface area contributed by atoms with Gasteiger partial charge in [-0.3, -0.25) is 0 Å². The number of halogens is 3. The van der Waals surface area contributed by atoms with Crippen molar-refractivity contribution in [1.82, 2.24) is 0 Å². The van der Waals surface area contributed by atoms with Gasteiger partial charge in [0.1, 0.15) is 0 Å². The van der Waals surface area contributed by atoms with Gasteiger partial charge in [0.15, 0.2) is 0 Å². The number of alkyl halides is 3. The molecular weight excluding hydrogens is 215 g/mol. The minimum Gasteiger partial charge on any atom is -0.385 e. The van der Waals surface area contributed by atoms with Gasteiger partial charge in [-0.05, 0) is 24.6 Å². The molecular formula is C12H12F3N. The predicted octanol–water partition coefficient (Wildman–Crippen LogP) is 3.53. The molecule has 0 unspecified atom stereocenters. The van der Waals surface area contributed by atoms with Gasteiger partial charge >= 0.3 is 6.18 Å². The molecule has 86 valence electrons. The summed E-state index contributed by atoms with van der Waals surface area (Å²) >= 11 is 0. The van der Waals surface area contributed by atoms with Crippen LogP contribution in [0.1, 0.15) is 18.4 Å². The van der Waals surface area contributed by atoms with Crippen LogP contribution >= 0.6 is 0 Å². The fourth-order valence-corrected chi connectivity index (χ4v) is 1.23. The molecule has 0 radical (unpaired) electrons. The molecule has 0 aliphatic carbocycles. The molecule has 1 aromatic rings. The van der Waals surface area contributed by atoms with E-state index in [9.17, 15) is 13.2 Å². The van der Waals surface area contributed by atoms with Crippen molar-refractivity contribution in [2.24, 2.45) is 0 Å². The highest BCUT2D eigenvalue weighted by atomic mass is 19.4. The highest BCUT2D eigenvalue weighted by molar-refractivity contribution is 5.46. The van der Waals surface area contributed by atoms with Crippen LogP contribution in [0.3, 0.4) is 0 Å². The number of benzene rings is 1. The fraction of sp³-hybridized carbons (Fsp3) is 0.333. The van der Waals surface area contributed by atoms with Gasteiger partial charge in [0.25, 0.3) is 0 Å². The Labute approximate surface area is 92.7 Å². The van der Waals surface area contributed by atoms with E-state index in [0.717, 1.165) is 18.6 Å². The van der Waals surface area contributed by atoms with Crippen molar-refractivity contribution < 1.29 is 13.2 Å². The summed E-state index contributed by atoms with van der Waals surface area (Å²) in [6.07, 6.45) is 2.13. The third kappa shape index (κ3) is 3.85. The first-order valence-electron chi connectivity index (χ1n) is 4.88. The van der Waals surface area contributed by atoms with Crippen LogP contribution in [0.5, 0.6) is 0 Å². The molecule has 0 saturated carbocycles. The van der Waals surface area contributed by atoms with Gasteiger partial charge in [0, 0.05) is 18.7 Å². The highest BCUT2D eigenvalue weighted by Crippen LogP contribution is 2.30. The summed E-state index contributed by atoms with van der Waals surface area (Å²) < 4.78 is 37.1. The average Bonchev–Trinajstić information content (AvgIpc) is 2.24. The third-order valence-electron chi connectivity index (χ3n) is 2.02. The van der Waals surface area contributed by atoms with E-state index >= 15 is 0 Å². The molecule has 0 bridgehead atoms. The van der Waals surface area contributed by atoms with Crippen LogP contribution in [-0.2, 0) is 6.18 Å². The maximum absolute atomic E-state index is 12.4. The number of terminal acetylenes is 1. The molecule has 0 amide bonds. The Kier molecular flexibility index (Phi) is 4.24. The smallest absolute Gasteiger partial charge is 0.385 e. The molecule has 1 N–H and O–H groups in total. The van der Waals surface area contributed by atoms with E-state index < -0.39 is 11.7 Å². The molecule has 0 heterocycles. The molecule has 0 spiro atoms. The molecule has 16 heavy (non-hydrogen) atoms. The zero-order valence-electron chi connectivity index (χ0n) is 8.64. The van der Waals surface area contributed by atoms with Gasteiger partial charge < -0.3 is 5.32 Å². The van der Waals surface area contributed by atoms with Gasteiger partial charge in [-0.1, -0.05) is 6.07 Å². The molecule has 1 rings (SSSR count). The van der Waals surface area contributed by atoms with E-state index in [1.807, 2.05) is 0 Å². The lowest BCUT2D eigenvalue weighted by atomic mass is 10.2. The van der Waals surface area contributed by atoms with Crippen LogP contribution in [0.4, 0.5) is 18.9 Å². The van der Waals surface area contributed by atoms with Crippen molar-refractivity contribution in [1.29, 1.82) is 0 Å². The molecule has 1 nitrogen and oxygen atoms in total. The molecule has 0 atom stereocenters. The quantitative estimate of drug-likeness (QED) is 0.613. The number of nitrogens with one attached hydrogen (secondary N) is 1. The zero-order valence-corrected chi connectivity index (χ0v) is 8.64. The highest BCUT2D eigenvalue weighted by Gasteiger charge is 2.30. The van der Waals surface area contributed by atoms with E-state index in [1.54, 1.807) is 6.07 Å². The summed E-state index contributed by atoms with van der Waals surface area (Å²) in [6.45, 7) is 0.575. The zero-order chi connectivity index (χ0) is 12.0. The Balaban J connectivity index is 2.58. The molecule has 0 saturated heterocycles. The second-order valence-corrected chi connectivity index (χ2v) is 3.31. The van der Waals surface area contributed by atoms with Crippen molar-refractivity contribution in [3.05, 3.63) is 29.8 Å².